The quantitative estimate of drug-likeness (QED) is 0.799. The molecular weight excluding hydrogens is 298 g/mol. The summed E-state index contributed by atoms with van der Waals surface area (Å²) in [5, 5.41) is 0.830. The van der Waals surface area contributed by atoms with Crippen LogP contribution in [0.5, 0.6) is 0 Å². The molecule has 0 saturated carbocycles. The summed E-state index contributed by atoms with van der Waals surface area (Å²) < 4.78 is 0. The van der Waals surface area contributed by atoms with Crippen LogP contribution >= 0.6 is 27.7 Å². The van der Waals surface area contributed by atoms with E-state index in [0.29, 0.717) is 6.04 Å². The number of hydrogen-bond donors (Lipinski definition) is 0. The Morgan fingerprint density at radius 3 is 2.71 bits per heavy atom. The first-order chi connectivity index (χ1) is 8.22. The molecule has 0 aromatic heterocycles. The largest absolute Gasteiger partial charge is 0.338 e. The van der Waals surface area contributed by atoms with E-state index in [1.807, 2.05) is 48.0 Å². The Labute approximate surface area is 115 Å². The number of benzene rings is 1. The Kier molecular flexibility index (Phi) is 4.51. The van der Waals surface area contributed by atoms with Gasteiger partial charge in [0.15, 0.2) is 0 Å². The zero-order valence-electron chi connectivity index (χ0n) is 9.86. The molecule has 1 fully saturated rings. The molecule has 1 unspecified atom stereocenters. The first-order valence-electron chi connectivity index (χ1n) is 5.72. The number of thioether (sulfide) groups is 1. The van der Waals surface area contributed by atoms with E-state index in [0.717, 1.165) is 23.1 Å². The molecule has 17 heavy (non-hydrogen) atoms. The molecule has 0 spiro atoms. The van der Waals surface area contributed by atoms with Crippen molar-refractivity contribution in [2.75, 3.05) is 18.6 Å². The highest BCUT2D eigenvalue weighted by molar-refractivity contribution is 9.08. The SMILES string of the molecule is CN(C(=O)c1ccc(CBr)cc1)C1CCSC1. The lowest BCUT2D eigenvalue weighted by molar-refractivity contribution is 0.0748. The van der Waals surface area contributed by atoms with E-state index in [1.54, 1.807) is 0 Å². The van der Waals surface area contributed by atoms with Gasteiger partial charge in [-0.2, -0.15) is 11.8 Å². The van der Waals surface area contributed by atoms with Gasteiger partial charge in [-0.3, -0.25) is 4.79 Å². The Morgan fingerprint density at radius 2 is 2.18 bits per heavy atom. The zero-order valence-corrected chi connectivity index (χ0v) is 12.3. The molecule has 2 rings (SSSR count). The average Bonchev–Trinajstić information content (AvgIpc) is 2.91. The first-order valence-corrected chi connectivity index (χ1v) is 8.00. The maximum Gasteiger partial charge on any atom is 0.253 e. The van der Waals surface area contributed by atoms with Crippen LogP contribution in [-0.4, -0.2) is 35.4 Å². The average molecular weight is 314 g/mol. The van der Waals surface area contributed by atoms with E-state index in [1.165, 1.54) is 11.3 Å². The van der Waals surface area contributed by atoms with Crippen LogP contribution in [-0.2, 0) is 5.33 Å². The molecular formula is C13H16BrNOS. The topological polar surface area (TPSA) is 20.3 Å². The summed E-state index contributed by atoms with van der Waals surface area (Å²) in [5.41, 5.74) is 1.98. The van der Waals surface area contributed by atoms with Crippen LogP contribution in [0.15, 0.2) is 24.3 Å². The van der Waals surface area contributed by atoms with Crippen LogP contribution in [0.4, 0.5) is 0 Å². The Morgan fingerprint density at radius 1 is 1.47 bits per heavy atom. The molecule has 1 amide bonds. The number of halogens is 1. The standard InChI is InChI=1S/C13H16BrNOS/c1-15(12-6-7-17-9-12)13(16)11-4-2-10(8-14)3-5-11/h2-5,12H,6-9H2,1H3. The third kappa shape index (κ3) is 3.05. The van der Waals surface area contributed by atoms with E-state index >= 15 is 0 Å². The van der Waals surface area contributed by atoms with E-state index in [2.05, 4.69) is 15.9 Å². The highest BCUT2D eigenvalue weighted by atomic mass is 79.9. The first kappa shape index (κ1) is 13.0. The van der Waals surface area contributed by atoms with Gasteiger partial charge >= 0.3 is 0 Å². The van der Waals surface area contributed by atoms with Crippen LogP contribution in [0.1, 0.15) is 22.3 Å². The van der Waals surface area contributed by atoms with E-state index in [4.69, 9.17) is 0 Å². The van der Waals surface area contributed by atoms with Crippen molar-refractivity contribution in [2.24, 2.45) is 0 Å². The summed E-state index contributed by atoms with van der Waals surface area (Å²) in [6.07, 6.45) is 1.12. The van der Waals surface area contributed by atoms with E-state index < -0.39 is 0 Å². The zero-order chi connectivity index (χ0) is 12.3. The van der Waals surface area contributed by atoms with Crippen LogP contribution in [0.25, 0.3) is 0 Å². The maximum atomic E-state index is 12.2. The molecule has 1 aliphatic rings. The second kappa shape index (κ2) is 5.91. The van der Waals surface area contributed by atoms with Crippen LogP contribution in [0.2, 0.25) is 0 Å². The lowest BCUT2D eigenvalue weighted by atomic mass is 10.1. The predicted molar refractivity (Wildman–Crippen MR) is 76.9 cm³/mol. The number of carbonyl (C=O) groups excluding carboxylic acids is 1. The van der Waals surface area contributed by atoms with Crippen LogP contribution < -0.4 is 0 Å². The van der Waals surface area contributed by atoms with Crippen molar-refractivity contribution in [1.82, 2.24) is 4.90 Å². The van der Waals surface area contributed by atoms with Gasteiger partial charge in [0, 0.05) is 29.7 Å². The summed E-state index contributed by atoms with van der Waals surface area (Å²) in [4.78, 5) is 14.1. The molecule has 0 radical (unpaired) electrons. The summed E-state index contributed by atoms with van der Waals surface area (Å²) in [6.45, 7) is 0. The molecule has 1 heterocycles. The molecule has 0 bridgehead atoms. The molecule has 2 nitrogen and oxygen atoms in total. The lowest BCUT2D eigenvalue weighted by Crippen LogP contribution is -2.36. The highest BCUT2D eigenvalue weighted by Gasteiger charge is 2.24. The van der Waals surface area contributed by atoms with Crippen LogP contribution in [0, 0.1) is 0 Å². The molecule has 1 aromatic rings. The number of alkyl halides is 1. The number of hydrogen-bond acceptors (Lipinski definition) is 2. The van der Waals surface area contributed by atoms with Gasteiger partial charge in [0.25, 0.3) is 5.91 Å². The molecule has 4 heteroatoms. The molecule has 1 saturated heterocycles. The van der Waals surface area contributed by atoms with Gasteiger partial charge in [0.2, 0.25) is 0 Å². The van der Waals surface area contributed by atoms with Gasteiger partial charge in [0.1, 0.15) is 0 Å². The van der Waals surface area contributed by atoms with Gasteiger partial charge in [-0.25, -0.2) is 0 Å². The van der Waals surface area contributed by atoms with E-state index in [9.17, 15) is 4.79 Å². The molecule has 0 aliphatic carbocycles. The molecule has 1 atom stereocenters. The third-order valence-corrected chi connectivity index (χ3v) is 4.92. The van der Waals surface area contributed by atoms with E-state index in [-0.39, 0.29) is 5.91 Å². The summed E-state index contributed by atoms with van der Waals surface area (Å²) in [7, 11) is 1.91. The number of carbonyl (C=O) groups is 1. The molecule has 1 aromatic carbocycles. The monoisotopic (exact) mass is 313 g/mol. The Balaban J connectivity index is 2.07. The Bertz CT molecular complexity index is 387. The van der Waals surface area contributed by atoms with Crippen molar-refractivity contribution in [1.29, 1.82) is 0 Å². The molecule has 1 aliphatic heterocycles. The number of nitrogens with zero attached hydrogens (tertiary/aromatic N) is 1. The smallest absolute Gasteiger partial charge is 0.253 e. The second-order valence-corrected chi connectivity index (χ2v) is 5.97. The van der Waals surface area contributed by atoms with Crippen LogP contribution in [0.3, 0.4) is 0 Å². The number of rotatable bonds is 3. The molecule has 92 valence electrons. The minimum atomic E-state index is 0.138. The summed E-state index contributed by atoms with van der Waals surface area (Å²) in [5.74, 6) is 2.38. The summed E-state index contributed by atoms with van der Waals surface area (Å²) in [6, 6.07) is 8.23. The minimum absolute atomic E-state index is 0.138. The molecule has 0 N–H and O–H groups in total. The van der Waals surface area contributed by atoms with Crippen molar-refractivity contribution in [2.45, 2.75) is 17.8 Å². The second-order valence-electron chi connectivity index (χ2n) is 4.26. The van der Waals surface area contributed by atoms with Crippen molar-refractivity contribution in [3.63, 3.8) is 0 Å². The van der Waals surface area contributed by atoms with Crippen molar-refractivity contribution in [3.05, 3.63) is 35.4 Å². The Hall–Kier alpha value is -0.480. The van der Waals surface area contributed by atoms with Crippen molar-refractivity contribution >= 4 is 33.6 Å². The van der Waals surface area contributed by atoms with Gasteiger partial charge in [0.05, 0.1) is 0 Å². The fourth-order valence-corrected chi connectivity index (χ4v) is 3.57. The van der Waals surface area contributed by atoms with Crippen molar-refractivity contribution < 1.29 is 4.79 Å². The normalized spacial score (nSPS) is 19.3. The van der Waals surface area contributed by atoms with Gasteiger partial charge in [-0.1, -0.05) is 28.1 Å². The lowest BCUT2D eigenvalue weighted by Gasteiger charge is -2.23. The minimum Gasteiger partial charge on any atom is -0.338 e. The predicted octanol–water partition coefficient (Wildman–Crippen LogP) is 3.16. The van der Waals surface area contributed by atoms with Gasteiger partial charge in [-0.15, -0.1) is 0 Å². The van der Waals surface area contributed by atoms with Crippen molar-refractivity contribution in [3.8, 4) is 0 Å². The summed E-state index contributed by atoms with van der Waals surface area (Å²) >= 11 is 5.33. The fourth-order valence-electron chi connectivity index (χ4n) is 1.93. The maximum absolute atomic E-state index is 12.2. The third-order valence-electron chi connectivity index (χ3n) is 3.13. The highest BCUT2D eigenvalue weighted by Crippen LogP contribution is 2.22. The fraction of sp³-hybridized carbons (Fsp3) is 0.462. The number of amides is 1. The van der Waals surface area contributed by atoms with Gasteiger partial charge < -0.3 is 4.90 Å². The van der Waals surface area contributed by atoms with Gasteiger partial charge in [-0.05, 0) is 29.9 Å².